The van der Waals surface area contributed by atoms with Gasteiger partial charge in [-0.2, -0.15) is 0 Å². The maximum Gasteiger partial charge on any atom is 0.196 e. The van der Waals surface area contributed by atoms with Gasteiger partial charge in [0.2, 0.25) is 0 Å². The van der Waals surface area contributed by atoms with Crippen LogP contribution in [-0.2, 0) is 0 Å². The Bertz CT molecular complexity index is 600. The Kier molecular flexibility index (Phi) is 3.62. The summed E-state index contributed by atoms with van der Waals surface area (Å²) in [4.78, 5) is 12.3. The Morgan fingerprint density at radius 1 is 1.11 bits per heavy atom. The minimum Gasteiger partial charge on any atom is -0.288 e. The van der Waals surface area contributed by atoms with Gasteiger partial charge in [-0.25, -0.2) is 4.39 Å². The molecule has 92 valence electrons. The molecule has 0 spiro atoms. The van der Waals surface area contributed by atoms with E-state index in [9.17, 15) is 9.18 Å². The fourth-order valence-electron chi connectivity index (χ4n) is 1.94. The van der Waals surface area contributed by atoms with Crippen LogP contribution in [0, 0.1) is 19.7 Å². The zero-order valence-electron chi connectivity index (χ0n) is 10.1. The molecule has 0 unspecified atom stereocenters. The second-order valence-electron chi connectivity index (χ2n) is 4.31. The summed E-state index contributed by atoms with van der Waals surface area (Å²) in [6.45, 7) is 3.84. The molecule has 1 nitrogen and oxygen atoms in total. The fraction of sp³-hybridized carbons (Fsp3) is 0.133. The Hall–Kier alpha value is -1.48. The number of aryl methyl sites for hydroxylation is 2. The van der Waals surface area contributed by atoms with Crippen molar-refractivity contribution < 1.29 is 9.18 Å². The lowest BCUT2D eigenvalue weighted by Crippen LogP contribution is -2.05. The van der Waals surface area contributed by atoms with Gasteiger partial charge in [-0.3, -0.25) is 4.79 Å². The molecule has 2 aromatic carbocycles. The summed E-state index contributed by atoms with van der Waals surface area (Å²) in [5.41, 5.74) is 2.60. The van der Waals surface area contributed by atoms with E-state index in [1.54, 1.807) is 24.3 Å². The van der Waals surface area contributed by atoms with Crippen molar-refractivity contribution in [2.75, 3.05) is 0 Å². The third-order valence-electron chi connectivity index (χ3n) is 2.68. The third kappa shape index (κ3) is 2.51. The number of hydrogen-bond acceptors (Lipinski definition) is 1. The largest absolute Gasteiger partial charge is 0.288 e. The highest BCUT2D eigenvalue weighted by Gasteiger charge is 2.16. The van der Waals surface area contributed by atoms with Crippen LogP contribution in [0.1, 0.15) is 27.0 Å². The van der Waals surface area contributed by atoms with Crippen LogP contribution in [-0.4, -0.2) is 5.78 Å². The lowest BCUT2D eigenvalue weighted by Gasteiger charge is -2.06. The van der Waals surface area contributed by atoms with Gasteiger partial charge in [0, 0.05) is 5.56 Å². The summed E-state index contributed by atoms with van der Waals surface area (Å²) in [5, 5.41) is 0. The Morgan fingerprint density at radius 2 is 1.72 bits per heavy atom. The summed E-state index contributed by atoms with van der Waals surface area (Å²) in [7, 11) is 0. The van der Waals surface area contributed by atoms with Crippen LogP contribution in [0.5, 0.6) is 0 Å². The molecule has 0 atom stereocenters. The van der Waals surface area contributed by atoms with E-state index in [1.165, 1.54) is 6.07 Å². The first-order valence-electron chi connectivity index (χ1n) is 5.56. The van der Waals surface area contributed by atoms with E-state index in [0.717, 1.165) is 11.1 Å². The summed E-state index contributed by atoms with van der Waals surface area (Å²) in [5.74, 6) is -0.803. The van der Waals surface area contributed by atoms with Gasteiger partial charge in [0.15, 0.2) is 5.78 Å². The van der Waals surface area contributed by atoms with Crippen molar-refractivity contribution >= 4 is 21.7 Å². The minimum atomic E-state index is -0.512. The van der Waals surface area contributed by atoms with E-state index in [-0.39, 0.29) is 11.3 Å². The SMILES string of the molecule is Cc1cc(C)cc(C(=O)c2cccc(Br)c2F)c1. The van der Waals surface area contributed by atoms with Gasteiger partial charge in [0.05, 0.1) is 10.0 Å². The Balaban J connectivity index is 2.51. The molecule has 2 rings (SSSR count). The van der Waals surface area contributed by atoms with E-state index in [2.05, 4.69) is 15.9 Å². The van der Waals surface area contributed by atoms with E-state index >= 15 is 0 Å². The first-order chi connectivity index (χ1) is 8.49. The molecule has 2 aromatic rings. The quantitative estimate of drug-likeness (QED) is 0.750. The van der Waals surface area contributed by atoms with Gasteiger partial charge in [-0.1, -0.05) is 23.3 Å². The predicted octanol–water partition coefficient (Wildman–Crippen LogP) is 4.44. The maximum atomic E-state index is 13.9. The molecule has 0 N–H and O–H groups in total. The van der Waals surface area contributed by atoms with E-state index in [1.807, 2.05) is 19.9 Å². The highest BCUT2D eigenvalue weighted by Crippen LogP contribution is 2.22. The van der Waals surface area contributed by atoms with Gasteiger partial charge >= 0.3 is 0 Å². The number of ketones is 1. The predicted molar refractivity (Wildman–Crippen MR) is 73.4 cm³/mol. The summed E-state index contributed by atoms with van der Waals surface area (Å²) in [6.07, 6.45) is 0. The minimum absolute atomic E-state index is 0.0920. The highest BCUT2D eigenvalue weighted by molar-refractivity contribution is 9.10. The molecule has 0 aliphatic rings. The van der Waals surface area contributed by atoms with Crippen molar-refractivity contribution in [1.29, 1.82) is 0 Å². The van der Waals surface area contributed by atoms with Gasteiger partial charge in [0.1, 0.15) is 5.82 Å². The average molecular weight is 307 g/mol. The number of carbonyl (C=O) groups is 1. The zero-order chi connectivity index (χ0) is 13.3. The molecular weight excluding hydrogens is 295 g/mol. The lowest BCUT2D eigenvalue weighted by molar-refractivity contribution is 0.103. The topological polar surface area (TPSA) is 17.1 Å². The molecule has 0 saturated heterocycles. The standard InChI is InChI=1S/C15H12BrFO/c1-9-6-10(2)8-11(7-9)15(18)12-4-3-5-13(16)14(12)17/h3-8H,1-2H3. The molecule has 0 fully saturated rings. The van der Waals surface area contributed by atoms with Crippen molar-refractivity contribution in [2.45, 2.75) is 13.8 Å². The average Bonchev–Trinajstić information content (AvgIpc) is 2.30. The van der Waals surface area contributed by atoms with Gasteiger partial charge in [0.25, 0.3) is 0 Å². The first-order valence-corrected chi connectivity index (χ1v) is 6.35. The molecule has 0 aliphatic carbocycles. The summed E-state index contributed by atoms with van der Waals surface area (Å²) in [6, 6.07) is 10.3. The van der Waals surface area contributed by atoms with Crippen LogP contribution in [0.2, 0.25) is 0 Å². The molecule has 0 radical (unpaired) electrons. The van der Waals surface area contributed by atoms with Crippen LogP contribution >= 0.6 is 15.9 Å². The monoisotopic (exact) mass is 306 g/mol. The Labute approximate surface area is 114 Å². The molecule has 0 amide bonds. The second kappa shape index (κ2) is 5.02. The van der Waals surface area contributed by atoms with Crippen LogP contribution in [0.25, 0.3) is 0 Å². The first kappa shape index (κ1) is 13.0. The fourth-order valence-corrected chi connectivity index (χ4v) is 2.31. The summed E-state index contributed by atoms with van der Waals surface area (Å²) < 4.78 is 14.2. The normalized spacial score (nSPS) is 10.4. The molecule has 0 saturated carbocycles. The van der Waals surface area contributed by atoms with E-state index in [0.29, 0.717) is 10.0 Å². The van der Waals surface area contributed by atoms with Crippen LogP contribution < -0.4 is 0 Å². The highest BCUT2D eigenvalue weighted by atomic mass is 79.9. The maximum absolute atomic E-state index is 13.9. The third-order valence-corrected chi connectivity index (χ3v) is 3.29. The van der Waals surface area contributed by atoms with Crippen LogP contribution in [0.3, 0.4) is 0 Å². The van der Waals surface area contributed by atoms with Crippen molar-refractivity contribution in [3.8, 4) is 0 Å². The van der Waals surface area contributed by atoms with Gasteiger partial charge in [-0.05, 0) is 54.0 Å². The molecule has 18 heavy (non-hydrogen) atoms. The zero-order valence-corrected chi connectivity index (χ0v) is 11.7. The second-order valence-corrected chi connectivity index (χ2v) is 5.16. The van der Waals surface area contributed by atoms with Crippen molar-refractivity contribution in [3.63, 3.8) is 0 Å². The van der Waals surface area contributed by atoms with E-state index < -0.39 is 5.82 Å². The summed E-state index contributed by atoms with van der Waals surface area (Å²) >= 11 is 3.09. The molecule has 0 heterocycles. The molecule has 0 aliphatic heterocycles. The van der Waals surface area contributed by atoms with Crippen LogP contribution in [0.4, 0.5) is 4.39 Å². The van der Waals surface area contributed by atoms with Gasteiger partial charge in [-0.15, -0.1) is 0 Å². The number of halogens is 2. The molecule has 0 aromatic heterocycles. The van der Waals surface area contributed by atoms with Gasteiger partial charge < -0.3 is 0 Å². The van der Waals surface area contributed by atoms with E-state index in [4.69, 9.17) is 0 Å². The number of benzene rings is 2. The van der Waals surface area contributed by atoms with Crippen molar-refractivity contribution in [1.82, 2.24) is 0 Å². The molecular formula is C15H12BrFO. The Morgan fingerprint density at radius 3 is 2.33 bits per heavy atom. The molecule has 0 bridgehead atoms. The molecule has 3 heteroatoms. The van der Waals surface area contributed by atoms with Crippen LogP contribution in [0.15, 0.2) is 40.9 Å². The number of carbonyl (C=O) groups excluding carboxylic acids is 1. The lowest BCUT2D eigenvalue weighted by atomic mass is 9.99. The van der Waals surface area contributed by atoms with Crippen molar-refractivity contribution in [3.05, 3.63) is 68.9 Å². The number of rotatable bonds is 2. The number of hydrogen-bond donors (Lipinski definition) is 0. The smallest absolute Gasteiger partial charge is 0.196 e. The van der Waals surface area contributed by atoms with Crippen molar-refractivity contribution in [2.24, 2.45) is 0 Å².